The van der Waals surface area contributed by atoms with Gasteiger partial charge in [-0.3, -0.25) is 4.68 Å². The van der Waals surface area contributed by atoms with Crippen LogP contribution in [0.25, 0.3) is 16.5 Å². The second-order valence-electron chi connectivity index (χ2n) is 3.37. The summed E-state index contributed by atoms with van der Waals surface area (Å²) < 4.78 is 6.91. The third-order valence-electron chi connectivity index (χ3n) is 2.23. The lowest BCUT2D eigenvalue weighted by atomic mass is 10.2. The van der Waals surface area contributed by atoms with Crippen molar-refractivity contribution in [2.24, 2.45) is 7.05 Å². The van der Waals surface area contributed by atoms with Gasteiger partial charge in [-0.2, -0.15) is 10.2 Å². The first-order valence-electron chi connectivity index (χ1n) is 4.53. The Balaban J connectivity index is 2.88. The maximum atomic E-state index is 5.16. The van der Waals surface area contributed by atoms with E-state index >= 15 is 0 Å². The van der Waals surface area contributed by atoms with Crippen LogP contribution in [0.4, 0.5) is 0 Å². The van der Waals surface area contributed by atoms with Crippen LogP contribution < -0.4 is 4.74 Å². The molecule has 0 aliphatic carbocycles. The number of aryl methyl sites for hydroxylation is 1. The Morgan fingerprint density at radius 2 is 2.27 bits per heavy atom. The summed E-state index contributed by atoms with van der Waals surface area (Å²) in [6, 6.07) is 0. The first-order chi connectivity index (χ1) is 7.15. The molecule has 0 spiro atoms. The first-order valence-corrected chi connectivity index (χ1v) is 4.53. The van der Waals surface area contributed by atoms with Crippen LogP contribution in [0.3, 0.4) is 0 Å². The van der Waals surface area contributed by atoms with Gasteiger partial charge in [0.05, 0.1) is 24.2 Å². The van der Waals surface area contributed by atoms with Crippen LogP contribution in [-0.4, -0.2) is 27.1 Å². The van der Waals surface area contributed by atoms with Crippen molar-refractivity contribution in [3.05, 3.63) is 18.5 Å². The largest absolute Gasteiger partial charge is 0.479 e. The van der Waals surface area contributed by atoms with E-state index in [1.807, 2.05) is 14.0 Å². The molecule has 2 heterocycles. The predicted octanol–water partition coefficient (Wildman–Crippen LogP) is 1.41. The Morgan fingerprint density at radius 1 is 1.53 bits per heavy atom. The molecule has 5 heteroatoms. The number of methoxy groups -OCH3 is 1. The van der Waals surface area contributed by atoms with E-state index in [1.54, 1.807) is 18.0 Å². The number of rotatable bonds is 2. The fourth-order valence-corrected chi connectivity index (χ4v) is 1.52. The van der Waals surface area contributed by atoms with Crippen LogP contribution >= 0.6 is 0 Å². The molecule has 0 bridgehead atoms. The van der Waals surface area contributed by atoms with Crippen LogP contribution in [-0.2, 0) is 7.05 Å². The molecular weight excluding hydrogens is 192 g/mol. The summed E-state index contributed by atoms with van der Waals surface area (Å²) >= 11 is 0. The predicted molar refractivity (Wildman–Crippen MR) is 57.6 cm³/mol. The van der Waals surface area contributed by atoms with Gasteiger partial charge in [0.1, 0.15) is 5.69 Å². The van der Waals surface area contributed by atoms with E-state index in [0.29, 0.717) is 5.88 Å². The molecule has 0 saturated carbocycles. The lowest BCUT2D eigenvalue weighted by molar-refractivity contribution is 0.397. The standard InChI is InChI=1S/C10H12N4O/c1-6(2)9-8-7(14(3)13-9)5-11-12-10(8)15-4/h5H,1H2,2-4H3. The zero-order valence-corrected chi connectivity index (χ0v) is 8.98. The quantitative estimate of drug-likeness (QED) is 0.742. The van der Waals surface area contributed by atoms with E-state index in [0.717, 1.165) is 22.2 Å². The van der Waals surface area contributed by atoms with Gasteiger partial charge in [-0.25, -0.2) is 0 Å². The van der Waals surface area contributed by atoms with Gasteiger partial charge in [-0.1, -0.05) is 6.58 Å². The number of hydrogen-bond acceptors (Lipinski definition) is 4. The maximum Gasteiger partial charge on any atom is 0.244 e. The van der Waals surface area contributed by atoms with E-state index < -0.39 is 0 Å². The van der Waals surface area contributed by atoms with Crippen molar-refractivity contribution >= 4 is 16.5 Å². The number of ether oxygens (including phenoxy) is 1. The van der Waals surface area contributed by atoms with Crippen molar-refractivity contribution in [3.63, 3.8) is 0 Å². The number of hydrogen-bond donors (Lipinski definition) is 0. The number of fused-ring (bicyclic) bond motifs is 1. The van der Waals surface area contributed by atoms with Crippen LogP contribution in [0.1, 0.15) is 12.6 Å². The summed E-state index contributed by atoms with van der Waals surface area (Å²) in [5.74, 6) is 0.485. The molecule has 78 valence electrons. The minimum Gasteiger partial charge on any atom is -0.479 e. The van der Waals surface area contributed by atoms with E-state index in [-0.39, 0.29) is 0 Å². The van der Waals surface area contributed by atoms with Crippen LogP contribution in [0.2, 0.25) is 0 Å². The van der Waals surface area contributed by atoms with E-state index in [2.05, 4.69) is 21.9 Å². The van der Waals surface area contributed by atoms with E-state index in [4.69, 9.17) is 4.74 Å². The molecule has 0 amide bonds. The monoisotopic (exact) mass is 204 g/mol. The van der Waals surface area contributed by atoms with Crippen molar-refractivity contribution in [1.29, 1.82) is 0 Å². The minimum absolute atomic E-state index is 0.485. The van der Waals surface area contributed by atoms with Gasteiger partial charge < -0.3 is 4.74 Å². The molecule has 0 N–H and O–H groups in total. The summed E-state index contributed by atoms with van der Waals surface area (Å²) in [6.45, 7) is 5.79. The third-order valence-corrected chi connectivity index (χ3v) is 2.23. The molecule has 2 aromatic rings. The first kappa shape index (κ1) is 9.64. The summed E-state index contributed by atoms with van der Waals surface area (Å²) in [5.41, 5.74) is 2.58. The molecule has 0 aromatic carbocycles. The molecule has 0 aliphatic rings. The van der Waals surface area contributed by atoms with Crippen LogP contribution in [0.15, 0.2) is 12.8 Å². The van der Waals surface area contributed by atoms with Crippen molar-refractivity contribution < 1.29 is 4.74 Å². The van der Waals surface area contributed by atoms with Gasteiger partial charge in [-0.05, 0) is 12.5 Å². The Kier molecular flexibility index (Phi) is 2.15. The van der Waals surface area contributed by atoms with Crippen LogP contribution in [0, 0.1) is 0 Å². The smallest absolute Gasteiger partial charge is 0.244 e. The molecule has 2 rings (SSSR count). The lowest BCUT2D eigenvalue weighted by Gasteiger charge is -2.00. The summed E-state index contributed by atoms with van der Waals surface area (Å²) in [4.78, 5) is 0. The summed E-state index contributed by atoms with van der Waals surface area (Å²) in [7, 11) is 3.43. The molecule has 2 aromatic heterocycles. The molecule has 0 saturated heterocycles. The average Bonchev–Trinajstić information content (AvgIpc) is 2.56. The van der Waals surface area contributed by atoms with Gasteiger partial charge in [0, 0.05) is 7.05 Å². The van der Waals surface area contributed by atoms with Gasteiger partial charge in [-0.15, -0.1) is 5.10 Å². The molecule has 0 unspecified atom stereocenters. The van der Waals surface area contributed by atoms with Gasteiger partial charge >= 0.3 is 0 Å². The van der Waals surface area contributed by atoms with Crippen molar-refractivity contribution in [2.45, 2.75) is 6.92 Å². The SMILES string of the molecule is C=C(C)c1nn(C)c2cnnc(OC)c12. The zero-order valence-electron chi connectivity index (χ0n) is 8.98. The van der Waals surface area contributed by atoms with Gasteiger partial charge in [0.2, 0.25) is 5.88 Å². The summed E-state index contributed by atoms with van der Waals surface area (Å²) in [6.07, 6.45) is 1.66. The van der Waals surface area contributed by atoms with Gasteiger partial charge in [0.15, 0.2) is 0 Å². The second-order valence-corrected chi connectivity index (χ2v) is 3.37. The highest BCUT2D eigenvalue weighted by atomic mass is 16.5. The van der Waals surface area contributed by atoms with Crippen LogP contribution in [0.5, 0.6) is 5.88 Å². The Morgan fingerprint density at radius 3 is 2.87 bits per heavy atom. The average molecular weight is 204 g/mol. The molecule has 5 nitrogen and oxygen atoms in total. The van der Waals surface area contributed by atoms with Crippen molar-refractivity contribution in [2.75, 3.05) is 7.11 Å². The molecule has 0 aliphatic heterocycles. The fourth-order valence-electron chi connectivity index (χ4n) is 1.52. The van der Waals surface area contributed by atoms with Crippen molar-refractivity contribution in [1.82, 2.24) is 20.0 Å². The Hall–Kier alpha value is -1.91. The molecule has 15 heavy (non-hydrogen) atoms. The maximum absolute atomic E-state index is 5.16. The second kappa shape index (κ2) is 3.34. The molecule has 0 fully saturated rings. The zero-order chi connectivity index (χ0) is 11.0. The highest BCUT2D eigenvalue weighted by Crippen LogP contribution is 2.28. The Bertz CT molecular complexity index is 529. The van der Waals surface area contributed by atoms with Gasteiger partial charge in [0.25, 0.3) is 0 Å². The van der Waals surface area contributed by atoms with Crippen molar-refractivity contribution in [3.8, 4) is 5.88 Å². The number of nitrogens with zero attached hydrogens (tertiary/aromatic N) is 4. The van der Waals surface area contributed by atoms with E-state index in [1.165, 1.54) is 0 Å². The highest BCUT2D eigenvalue weighted by Gasteiger charge is 2.15. The topological polar surface area (TPSA) is 52.8 Å². The third kappa shape index (κ3) is 1.36. The Labute approximate surface area is 87.4 Å². The number of allylic oxidation sites excluding steroid dienone is 1. The lowest BCUT2D eigenvalue weighted by Crippen LogP contribution is -1.93. The number of aromatic nitrogens is 4. The normalized spacial score (nSPS) is 10.6. The highest BCUT2D eigenvalue weighted by molar-refractivity contribution is 5.93. The molecule has 0 atom stereocenters. The van der Waals surface area contributed by atoms with E-state index in [9.17, 15) is 0 Å². The minimum atomic E-state index is 0.485. The molecule has 0 radical (unpaired) electrons. The summed E-state index contributed by atoms with van der Waals surface area (Å²) in [5, 5.41) is 13.0. The fraction of sp³-hybridized carbons (Fsp3) is 0.300. The molecular formula is C10H12N4O.